The van der Waals surface area contributed by atoms with Gasteiger partial charge in [0, 0.05) is 5.75 Å². The van der Waals surface area contributed by atoms with Crippen molar-refractivity contribution >= 4 is 36.5 Å². The second-order valence-electron chi connectivity index (χ2n) is 2.80. The minimum Gasteiger partial charge on any atom is -0.214 e. The van der Waals surface area contributed by atoms with Crippen LogP contribution in [0, 0.1) is 0 Å². The molecule has 0 radical (unpaired) electrons. The first-order valence-corrected chi connectivity index (χ1v) is 9.32. The number of hydrogen-bond donors (Lipinski definition) is 1. The summed E-state index contributed by atoms with van der Waals surface area (Å²) >= 11 is 4.95. The molecule has 0 aliphatic carbocycles. The van der Waals surface area contributed by atoms with Gasteiger partial charge in [0.1, 0.15) is 0 Å². The van der Waals surface area contributed by atoms with Crippen LogP contribution in [0.15, 0.2) is 48.5 Å². The monoisotopic (exact) mass is 338 g/mol. The Balaban J connectivity index is 0.000000301. The fourth-order valence-electron chi connectivity index (χ4n) is 0.911. The molecular formula is C12H9Cl3O2Ti-2. The Labute approximate surface area is 128 Å². The van der Waals surface area contributed by atoms with Crippen LogP contribution in [-0.2, 0) is 21.8 Å². The van der Waals surface area contributed by atoms with Crippen molar-refractivity contribution in [1.82, 2.24) is 0 Å². The third-order valence-electron chi connectivity index (χ3n) is 1.62. The van der Waals surface area contributed by atoms with Crippen LogP contribution in [0.5, 0.6) is 5.75 Å². The summed E-state index contributed by atoms with van der Waals surface area (Å²) in [6, 6.07) is 14.2. The number of benzene rings is 1. The molecule has 0 spiro atoms. The van der Waals surface area contributed by atoms with Gasteiger partial charge in [-0.2, -0.15) is 18.2 Å². The molecule has 0 aromatic heterocycles. The van der Waals surface area contributed by atoms with Crippen molar-refractivity contribution in [3.63, 3.8) is 0 Å². The van der Waals surface area contributed by atoms with Gasteiger partial charge in [-0.15, -0.1) is 11.6 Å². The quantitative estimate of drug-likeness (QED) is 0.622. The molecule has 0 saturated heterocycles. The number of phenols is 1. The predicted octanol–water partition coefficient (Wildman–Crippen LogP) is 4.29. The molecule has 96 valence electrons. The fraction of sp³-hybridized carbons (Fsp3) is 0. The first kappa shape index (κ1) is 17.6. The van der Waals surface area contributed by atoms with Crippen molar-refractivity contribution < 1.29 is 26.9 Å². The third kappa shape index (κ3) is 8.68. The second-order valence-corrected chi connectivity index (χ2v) is 5.81. The van der Waals surface area contributed by atoms with Crippen molar-refractivity contribution in [2.24, 2.45) is 0 Å². The van der Waals surface area contributed by atoms with Crippen LogP contribution < -0.4 is 0 Å². The van der Waals surface area contributed by atoms with E-state index < -0.39 is 17.0 Å². The molecule has 0 amide bonds. The predicted molar refractivity (Wildman–Crippen MR) is 71.7 cm³/mol. The molecule has 0 heterocycles. The van der Waals surface area contributed by atoms with Gasteiger partial charge in [-0.25, -0.2) is 12.1 Å². The van der Waals surface area contributed by atoms with E-state index in [1.807, 2.05) is 30.3 Å². The minimum atomic E-state index is -0.556. The van der Waals surface area contributed by atoms with Crippen LogP contribution in [-0.4, -0.2) is 11.4 Å². The van der Waals surface area contributed by atoms with E-state index in [1.165, 1.54) is 18.2 Å². The van der Waals surface area contributed by atoms with E-state index in [9.17, 15) is 4.79 Å². The van der Waals surface area contributed by atoms with Gasteiger partial charge in [-0.1, -0.05) is 23.7 Å². The maximum absolute atomic E-state index is 10.0. The van der Waals surface area contributed by atoms with Crippen LogP contribution in [0.2, 0.25) is 5.02 Å². The van der Waals surface area contributed by atoms with Crippen LogP contribution in [0.4, 0.5) is 0 Å². The van der Waals surface area contributed by atoms with Gasteiger partial charge in [-0.3, -0.25) is 0 Å². The molecule has 2 aromatic rings. The number of carbonyl (C=O) groups excluding carboxylic acids is 1. The van der Waals surface area contributed by atoms with E-state index in [0.29, 0.717) is 5.02 Å². The Hall–Kier alpha value is -0.376. The summed E-state index contributed by atoms with van der Waals surface area (Å²) in [5.74, 6) is -0.0978. The van der Waals surface area contributed by atoms with Gasteiger partial charge < -0.3 is 9.90 Å². The van der Waals surface area contributed by atoms with Gasteiger partial charge in [-0.05, 0) is 5.02 Å². The number of halogens is 3. The molecule has 1 N–H and O–H groups in total. The Bertz CT molecular complexity index is 416. The molecule has 0 saturated carbocycles. The van der Waals surface area contributed by atoms with E-state index >= 15 is 0 Å². The van der Waals surface area contributed by atoms with Gasteiger partial charge in [0.2, 0.25) is 0 Å². The first-order chi connectivity index (χ1) is 8.65. The zero-order chi connectivity index (χ0) is 13.8. The molecule has 18 heavy (non-hydrogen) atoms. The first-order valence-electron chi connectivity index (χ1n) is 4.65. The topological polar surface area (TPSA) is 37.3 Å². The van der Waals surface area contributed by atoms with E-state index in [-0.39, 0.29) is 11.3 Å². The van der Waals surface area contributed by atoms with Crippen LogP contribution in [0.1, 0.15) is 5.56 Å². The van der Waals surface area contributed by atoms with Gasteiger partial charge >= 0.3 is 35.6 Å². The molecule has 2 nitrogen and oxygen atoms in total. The Kier molecular flexibility index (Phi) is 11.5. The Morgan fingerprint density at radius 1 is 1.22 bits per heavy atom. The Morgan fingerprint density at radius 3 is 2.11 bits per heavy atom. The zero-order valence-electron chi connectivity index (χ0n) is 9.11. The molecule has 0 aliphatic rings. The van der Waals surface area contributed by atoms with Crippen molar-refractivity contribution in [3.8, 4) is 5.75 Å². The molecule has 0 bridgehead atoms. The summed E-state index contributed by atoms with van der Waals surface area (Å²) < 4.78 is 0. The van der Waals surface area contributed by atoms with E-state index in [1.54, 1.807) is 6.29 Å². The Morgan fingerprint density at radius 2 is 1.78 bits per heavy atom. The summed E-state index contributed by atoms with van der Waals surface area (Å²) in [6.45, 7) is 0. The van der Waals surface area contributed by atoms with E-state index in [0.717, 1.165) is 0 Å². The van der Waals surface area contributed by atoms with Crippen LogP contribution >= 0.6 is 30.2 Å². The molecule has 0 unspecified atom stereocenters. The average Bonchev–Trinajstić information content (AvgIpc) is 2.92. The largest absolute Gasteiger partial charge is 0.214 e. The number of rotatable bonds is 1. The summed E-state index contributed by atoms with van der Waals surface area (Å²) in [6.07, 6.45) is 1.55. The maximum Gasteiger partial charge on any atom is -0.172 e. The molecule has 0 fully saturated rings. The zero-order valence-corrected chi connectivity index (χ0v) is 12.9. The summed E-state index contributed by atoms with van der Waals surface area (Å²) in [7, 11) is 9.78. The molecule has 0 atom stereocenters. The minimum absolute atomic E-state index is 0.0903. The molecular weight excluding hydrogens is 330 g/mol. The van der Waals surface area contributed by atoms with Crippen molar-refractivity contribution in [2.75, 3.05) is 0 Å². The maximum atomic E-state index is 10.0. The van der Waals surface area contributed by atoms with Gasteiger partial charge in [0.05, 0.1) is 6.29 Å². The van der Waals surface area contributed by atoms with Crippen LogP contribution in [0.3, 0.4) is 0 Å². The van der Waals surface area contributed by atoms with Crippen molar-refractivity contribution in [3.05, 3.63) is 59.1 Å². The molecule has 0 aliphatic heterocycles. The smallest absolute Gasteiger partial charge is 0.172 e. The summed E-state index contributed by atoms with van der Waals surface area (Å²) in [5.41, 5.74) is 0.0903. The fourth-order valence-corrected chi connectivity index (χ4v) is 1.08. The van der Waals surface area contributed by atoms with Crippen molar-refractivity contribution in [2.45, 2.75) is 0 Å². The molecule has 2 aromatic carbocycles. The van der Waals surface area contributed by atoms with Gasteiger partial charge in [0.15, 0.2) is 0 Å². The summed E-state index contributed by atoms with van der Waals surface area (Å²) in [4.78, 5) is 10.0. The number of phenolic OH excluding ortho intramolecular Hbond substituents is 1. The number of hydrogen-bond acceptors (Lipinski definition) is 2. The SMILES string of the molecule is O=[C-]c1cc(Cl)ccc1O.[Cl][Ti][Cl].c1cc[cH-]c1. The van der Waals surface area contributed by atoms with Crippen molar-refractivity contribution in [1.29, 1.82) is 0 Å². The van der Waals surface area contributed by atoms with Crippen LogP contribution in [0.25, 0.3) is 0 Å². The van der Waals surface area contributed by atoms with E-state index in [2.05, 4.69) is 0 Å². The third-order valence-corrected chi connectivity index (χ3v) is 1.86. The standard InChI is InChI=1S/C7H4ClO2.C5H5.2ClH.Ti/c8-6-1-2-7(10)5(3-6)4-9;1-2-4-5-3-1;;;/h1-3,10H;1-5H;2*1H;/q2*-1;;;+2/p-2. The molecule has 6 heteroatoms. The summed E-state index contributed by atoms with van der Waals surface area (Å²) in [5, 5.41) is 9.33. The van der Waals surface area contributed by atoms with E-state index in [4.69, 9.17) is 35.3 Å². The normalized spacial score (nSPS) is 8.17. The second kappa shape index (κ2) is 11.7. The van der Waals surface area contributed by atoms with Gasteiger partial charge in [0.25, 0.3) is 0 Å². The number of aromatic hydroxyl groups is 1. The average molecular weight is 339 g/mol. The molecule has 2 rings (SSSR count).